The van der Waals surface area contributed by atoms with Crippen LogP contribution in [-0.4, -0.2) is 64.6 Å². The fourth-order valence-electron chi connectivity index (χ4n) is 3.86. The number of aromatic nitrogens is 2. The van der Waals surface area contributed by atoms with Crippen molar-refractivity contribution in [3.63, 3.8) is 0 Å². The van der Waals surface area contributed by atoms with Crippen molar-refractivity contribution in [2.45, 2.75) is 52.9 Å². The Morgan fingerprint density at radius 3 is 2.50 bits per heavy atom. The topological polar surface area (TPSA) is 75.6 Å². The summed E-state index contributed by atoms with van der Waals surface area (Å²) in [6, 6.07) is 0. The molecule has 2 aliphatic rings. The van der Waals surface area contributed by atoms with Crippen molar-refractivity contribution < 1.29 is 14.3 Å². The van der Waals surface area contributed by atoms with Crippen LogP contribution in [0, 0.1) is 19.8 Å². The van der Waals surface area contributed by atoms with E-state index >= 15 is 0 Å². The minimum absolute atomic E-state index is 0.0280. The van der Waals surface area contributed by atoms with Crippen molar-refractivity contribution in [2.24, 2.45) is 5.92 Å². The first-order chi connectivity index (χ1) is 14.3. The fourth-order valence-corrected chi connectivity index (χ4v) is 5.07. The summed E-state index contributed by atoms with van der Waals surface area (Å²) < 4.78 is 5.36. The number of thiophene rings is 1. The maximum Gasteiger partial charge on any atom is 0.409 e. The molecule has 0 unspecified atom stereocenters. The summed E-state index contributed by atoms with van der Waals surface area (Å²) >= 11 is 1.48. The lowest BCUT2D eigenvalue weighted by atomic mass is 10.1. The van der Waals surface area contributed by atoms with E-state index in [-0.39, 0.29) is 12.0 Å². The number of aryl methyl sites for hydroxylation is 2. The molecule has 1 saturated heterocycles. The zero-order valence-corrected chi connectivity index (χ0v) is 19.0. The summed E-state index contributed by atoms with van der Waals surface area (Å²) in [6.07, 6.45) is 2.78. The maximum atomic E-state index is 13.3. The van der Waals surface area contributed by atoms with Gasteiger partial charge in [-0.25, -0.2) is 14.8 Å². The standard InChI is InChI=1S/C22H30N4O3S/c1-13(2)12-29-22(28)26-9-5-8-25(10-11-26)21(27)18-14(3)17-15(4)23-19(16-6-7-16)24-20(17)30-18/h13,16H,5-12H2,1-4H3. The van der Waals surface area contributed by atoms with E-state index in [1.807, 2.05) is 32.6 Å². The highest BCUT2D eigenvalue weighted by molar-refractivity contribution is 7.20. The Morgan fingerprint density at radius 1 is 1.10 bits per heavy atom. The van der Waals surface area contributed by atoms with Crippen molar-refractivity contribution in [2.75, 3.05) is 32.8 Å². The van der Waals surface area contributed by atoms with E-state index in [0.717, 1.165) is 51.4 Å². The highest BCUT2D eigenvalue weighted by Crippen LogP contribution is 2.40. The molecule has 1 aliphatic heterocycles. The van der Waals surface area contributed by atoms with Gasteiger partial charge >= 0.3 is 6.09 Å². The van der Waals surface area contributed by atoms with E-state index < -0.39 is 0 Å². The lowest BCUT2D eigenvalue weighted by Gasteiger charge is -2.22. The number of fused-ring (bicyclic) bond motifs is 1. The van der Waals surface area contributed by atoms with Crippen molar-refractivity contribution in [1.29, 1.82) is 0 Å². The Morgan fingerprint density at radius 2 is 1.80 bits per heavy atom. The van der Waals surface area contributed by atoms with Crippen molar-refractivity contribution >= 4 is 33.6 Å². The molecule has 0 N–H and O–H groups in total. The van der Waals surface area contributed by atoms with Crippen LogP contribution in [0.2, 0.25) is 0 Å². The van der Waals surface area contributed by atoms with Crippen LogP contribution in [0.1, 0.15) is 65.8 Å². The monoisotopic (exact) mass is 430 g/mol. The molecule has 2 fully saturated rings. The molecule has 4 rings (SSSR count). The Hall–Kier alpha value is -2.22. The van der Waals surface area contributed by atoms with Gasteiger partial charge in [0.1, 0.15) is 10.7 Å². The molecule has 30 heavy (non-hydrogen) atoms. The van der Waals surface area contributed by atoms with E-state index in [2.05, 4.69) is 0 Å². The Bertz CT molecular complexity index is 967. The summed E-state index contributed by atoms with van der Waals surface area (Å²) in [4.78, 5) is 40.3. The van der Waals surface area contributed by atoms with Gasteiger partial charge in [0, 0.05) is 37.5 Å². The van der Waals surface area contributed by atoms with Crippen LogP contribution in [0.5, 0.6) is 0 Å². The largest absolute Gasteiger partial charge is 0.449 e. The Balaban J connectivity index is 1.49. The molecule has 3 heterocycles. The SMILES string of the molecule is Cc1nc(C2CC2)nc2sc(C(=O)N3CCCN(C(=O)OCC(C)C)CC3)c(C)c12. The quantitative estimate of drug-likeness (QED) is 0.729. The molecule has 0 bridgehead atoms. The van der Waals surface area contributed by atoms with Crippen LogP contribution in [0.4, 0.5) is 4.79 Å². The van der Waals surface area contributed by atoms with Gasteiger partial charge in [-0.1, -0.05) is 13.8 Å². The number of amides is 2. The molecule has 1 saturated carbocycles. The van der Waals surface area contributed by atoms with Gasteiger partial charge in [0.25, 0.3) is 5.91 Å². The van der Waals surface area contributed by atoms with Gasteiger partial charge in [-0.05, 0) is 44.6 Å². The number of hydrogen-bond acceptors (Lipinski definition) is 6. The first kappa shape index (κ1) is 21.0. The molecule has 2 amide bonds. The smallest absolute Gasteiger partial charge is 0.409 e. The fraction of sp³-hybridized carbons (Fsp3) is 0.636. The van der Waals surface area contributed by atoms with Crippen molar-refractivity contribution in [3.05, 3.63) is 22.0 Å². The van der Waals surface area contributed by atoms with Crippen LogP contribution in [-0.2, 0) is 4.74 Å². The zero-order chi connectivity index (χ0) is 21.4. The number of hydrogen-bond donors (Lipinski definition) is 0. The summed E-state index contributed by atoms with van der Waals surface area (Å²) in [6.45, 7) is 10.7. The molecule has 162 valence electrons. The predicted octanol–water partition coefficient (Wildman–Crippen LogP) is 4.13. The van der Waals surface area contributed by atoms with Crippen LogP contribution in [0.15, 0.2) is 0 Å². The molecule has 0 aromatic carbocycles. The van der Waals surface area contributed by atoms with Gasteiger partial charge in [-0.2, -0.15) is 0 Å². The van der Waals surface area contributed by atoms with E-state index in [4.69, 9.17) is 14.7 Å². The molecule has 2 aromatic heterocycles. The van der Waals surface area contributed by atoms with Crippen molar-refractivity contribution in [1.82, 2.24) is 19.8 Å². The maximum absolute atomic E-state index is 13.3. The lowest BCUT2D eigenvalue weighted by Crippen LogP contribution is -2.37. The molecule has 0 atom stereocenters. The molecular formula is C22H30N4O3S. The van der Waals surface area contributed by atoms with E-state index in [1.165, 1.54) is 11.3 Å². The highest BCUT2D eigenvalue weighted by Gasteiger charge is 2.30. The Kier molecular flexibility index (Phi) is 5.95. The third-order valence-corrected chi connectivity index (χ3v) is 6.88. The average molecular weight is 431 g/mol. The predicted molar refractivity (Wildman–Crippen MR) is 117 cm³/mol. The zero-order valence-electron chi connectivity index (χ0n) is 18.2. The highest BCUT2D eigenvalue weighted by atomic mass is 32.1. The van der Waals surface area contributed by atoms with Crippen LogP contribution in [0.3, 0.4) is 0 Å². The van der Waals surface area contributed by atoms with Gasteiger partial charge in [-0.15, -0.1) is 11.3 Å². The minimum atomic E-state index is -0.283. The molecule has 2 aromatic rings. The van der Waals surface area contributed by atoms with E-state index in [9.17, 15) is 9.59 Å². The molecule has 7 nitrogen and oxygen atoms in total. The normalized spacial score (nSPS) is 17.5. The third-order valence-electron chi connectivity index (χ3n) is 5.71. The summed E-state index contributed by atoms with van der Waals surface area (Å²) in [5, 5.41) is 1.02. The molecule has 0 spiro atoms. The average Bonchev–Trinajstić information content (AvgIpc) is 3.52. The number of nitrogens with zero attached hydrogens (tertiary/aromatic N) is 4. The Labute approximate surface area is 181 Å². The van der Waals surface area contributed by atoms with Crippen molar-refractivity contribution in [3.8, 4) is 0 Å². The van der Waals surface area contributed by atoms with Gasteiger partial charge < -0.3 is 14.5 Å². The number of ether oxygens (including phenoxy) is 1. The number of rotatable bonds is 4. The van der Waals surface area contributed by atoms with Gasteiger partial charge in [0.05, 0.1) is 17.2 Å². The second kappa shape index (κ2) is 8.49. The second-order valence-corrected chi connectivity index (χ2v) is 9.78. The third kappa shape index (κ3) is 4.29. The van der Waals surface area contributed by atoms with Gasteiger partial charge in [0.15, 0.2) is 0 Å². The number of carbonyl (C=O) groups is 2. The molecule has 1 aliphatic carbocycles. The molecule has 0 radical (unpaired) electrons. The summed E-state index contributed by atoms with van der Waals surface area (Å²) in [7, 11) is 0. The van der Waals surface area contributed by atoms with E-state index in [0.29, 0.717) is 44.6 Å². The minimum Gasteiger partial charge on any atom is -0.449 e. The first-order valence-electron chi connectivity index (χ1n) is 10.8. The first-order valence-corrected chi connectivity index (χ1v) is 11.7. The van der Waals surface area contributed by atoms with Crippen LogP contribution in [0.25, 0.3) is 10.2 Å². The van der Waals surface area contributed by atoms with E-state index in [1.54, 1.807) is 4.90 Å². The molecular weight excluding hydrogens is 400 g/mol. The summed E-state index contributed by atoms with van der Waals surface area (Å²) in [5.41, 5.74) is 1.93. The summed E-state index contributed by atoms with van der Waals surface area (Å²) in [5.74, 6) is 1.74. The van der Waals surface area contributed by atoms with Gasteiger partial charge in [-0.3, -0.25) is 4.79 Å². The van der Waals surface area contributed by atoms with Crippen LogP contribution < -0.4 is 0 Å². The molecule has 8 heteroatoms. The van der Waals surface area contributed by atoms with Gasteiger partial charge in [0.2, 0.25) is 0 Å². The van der Waals surface area contributed by atoms with Crippen LogP contribution >= 0.6 is 11.3 Å². The lowest BCUT2D eigenvalue weighted by molar-refractivity contribution is 0.0750. The number of carbonyl (C=O) groups excluding carboxylic acids is 2. The second-order valence-electron chi connectivity index (χ2n) is 8.78.